The Bertz CT molecular complexity index is 1010. The second-order valence-corrected chi connectivity index (χ2v) is 9.57. The summed E-state index contributed by atoms with van der Waals surface area (Å²) in [4.78, 5) is 12.0. The number of anilines is 1. The molecule has 3 rings (SSSR count). The fourth-order valence-corrected chi connectivity index (χ4v) is 4.84. The van der Waals surface area contributed by atoms with Crippen molar-refractivity contribution in [3.8, 4) is 0 Å². The molecule has 2 aromatic rings. The number of hydrogen-bond acceptors (Lipinski definition) is 5. The third-order valence-electron chi connectivity index (χ3n) is 5.08. The van der Waals surface area contributed by atoms with Gasteiger partial charge in [0.15, 0.2) is 0 Å². The second-order valence-electron chi connectivity index (χ2n) is 7.41. The maximum atomic E-state index is 12.9. The molecule has 0 aliphatic carbocycles. The Kier molecular flexibility index (Phi) is 8.44. The van der Waals surface area contributed by atoms with Crippen molar-refractivity contribution in [3.63, 3.8) is 0 Å². The van der Waals surface area contributed by atoms with E-state index in [4.69, 9.17) is 16.3 Å². The monoisotopic (exact) mass is 485 g/mol. The Morgan fingerprint density at radius 1 is 1.12 bits per heavy atom. The van der Waals surface area contributed by atoms with Gasteiger partial charge in [0.05, 0.1) is 29.8 Å². The van der Waals surface area contributed by atoms with Gasteiger partial charge >= 0.3 is 6.03 Å². The van der Waals surface area contributed by atoms with Crippen molar-refractivity contribution in [2.45, 2.75) is 42.4 Å². The lowest BCUT2D eigenvalue weighted by molar-refractivity contribution is -0.0871. The van der Waals surface area contributed by atoms with E-state index in [-0.39, 0.29) is 17.6 Å². The SMILES string of the molecule is O=C(NCC[C@@H]1CC[C@@H](NS(=O)(=O)c2ccc(Cl)cc2)[C@H](CO)O1)Nc1ccc(F)cc1. The Balaban J connectivity index is 1.46. The molecule has 1 aliphatic heterocycles. The minimum absolute atomic E-state index is 0.0806. The van der Waals surface area contributed by atoms with Crippen LogP contribution in [0.1, 0.15) is 19.3 Å². The van der Waals surface area contributed by atoms with Crippen LogP contribution in [0.15, 0.2) is 53.4 Å². The molecule has 0 unspecified atom stereocenters. The molecule has 1 saturated heterocycles. The van der Waals surface area contributed by atoms with E-state index in [0.717, 1.165) is 0 Å². The van der Waals surface area contributed by atoms with Gasteiger partial charge in [-0.15, -0.1) is 0 Å². The summed E-state index contributed by atoms with van der Waals surface area (Å²) >= 11 is 5.81. The number of aliphatic hydroxyl groups is 1. The summed E-state index contributed by atoms with van der Waals surface area (Å²) in [5.41, 5.74) is 0.467. The van der Waals surface area contributed by atoms with Crippen molar-refractivity contribution in [3.05, 3.63) is 59.4 Å². The summed E-state index contributed by atoms with van der Waals surface area (Å²) < 4.78 is 46.6. The average molecular weight is 486 g/mol. The molecule has 0 saturated carbocycles. The molecule has 0 aromatic heterocycles. The molecule has 32 heavy (non-hydrogen) atoms. The van der Waals surface area contributed by atoms with Crippen LogP contribution in [0.3, 0.4) is 0 Å². The van der Waals surface area contributed by atoms with Crippen LogP contribution in [0.25, 0.3) is 0 Å². The number of halogens is 2. The number of sulfonamides is 1. The van der Waals surface area contributed by atoms with E-state index in [2.05, 4.69) is 15.4 Å². The summed E-state index contributed by atoms with van der Waals surface area (Å²) in [5.74, 6) is -0.391. The largest absolute Gasteiger partial charge is 0.394 e. The third kappa shape index (κ3) is 6.88. The Morgan fingerprint density at radius 3 is 2.47 bits per heavy atom. The van der Waals surface area contributed by atoms with Gasteiger partial charge in [-0.2, -0.15) is 0 Å². The number of rotatable bonds is 8. The summed E-state index contributed by atoms with van der Waals surface area (Å²) in [7, 11) is -3.79. The Hall–Kier alpha value is -2.24. The molecule has 4 N–H and O–H groups in total. The maximum Gasteiger partial charge on any atom is 0.319 e. The predicted molar refractivity (Wildman–Crippen MR) is 119 cm³/mol. The number of benzene rings is 2. The van der Waals surface area contributed by atoms with Gasteiger partial charge in [-0.1, -0.05) is 11.6 Å². The molecule has 8 nitrogen and oxygen atoms in total. The minimum Gasteiger partial charge on any atom is -0.394 e. The van der Waals surface area contributed by atoms with Gasteiger partial charge in [0.25, 0.3) is 0 Å². The number of aliphatic hydroxyl groups excluding tert-OH is 1. The lowest BCUT2D eigenvalue weighted by atomic mass is 9.98. The summed E-state index contributed by atoms with van der Waals surface area (Å²) in [6, 6.07) is 10.2. The van der Waals surface area contributed by atoms with Crippen LogP contribution in [0, 0.1) is 5.82 Å². The Labute approximate surface area is 191 Å². The standard InChI is InChI=1S/C21H25ClFN3O5S/c22-14-1-8-18(9-2-14)32(29,30)26-19-10-7-17(31-20(19)13-27)11-12-24-21(28)25-16-5-3-15(23)4-6-16/h1-6,8-9,17,19-20,26-27H,7,10-13H2,(H2,24,25,28)/t17-,19+,20-/m0/s1. The highest BCUT2D eigenvalue weighted by Gasteiger charge is 2.33. The van der Waals surface area contributed by atoms with E-state index in [1.54, 1.807) is 0 Å². The molecule has 0 bridgehead atoms. The fraction of sp³-hybridized carbons (Fsp3) is 0.381. The number of nitrogens with one attached hydrogen (secondary N) is 3. The molecule has 0 spiro atoms. The number of carbonyl (C=O) groups excluding carboxylic acids is 1. The van der Waals surface area contributed by atoms with Crippen LogP contribution in [0.2, 0.25) is 5.02 Å². The van der Waals surface area contributed by atoms with Crippen LogP contribution in [-0.2, 0) is 14.8 Å². The van der Waals surface area contributed by atoms with Crippen molar-refractivity contribution in [1.29, 1.82) is 0 Å². The van der Waals surface area contributed by atoms with Gasteiger partial charge < -0.3 is 20.5 Å². The summed E-state index contributed by atoms with van der Waals surface area (Å²) in [6.45, 7) is -0.0280. The van der Waals surface area contributed by atoms with Crippen LogP contribution in [-0.4, -0.2) is 51.0 Å². The number of amides is 2. The van der Waals surface area contributed by atoms with Crippen LogP contribution in [0.4, 0.5) is 14.9 Å². The second kappa shape index (κ2) is 11.1. The number of carbonyl (C=O) groups is 1. The van der Waals surface area contributed by atoms with Crippen molar-refractivity contribution in [2.24, 2.45) is 0 Å². The maximum absolute atomic E-state index is 12.9. The third-order valence-corrected chi connectivity index (χ3v) is 6.84. The van der Waals surface area contributed by atoms with E-state index in [9.17, 15) is 22.7 Å². The van der Waals surface area contributed by atoms with Gasteiger partial charge in [-0.05, 0) is 67.8 Å². The van der Waals surface area contributed by atoms with Crippen LogP contribution >= 0.6 is 11.6 Å². The molecule has 0 radical (unpaired) electrons. The van der Waals surface area contributed by atoms with Crippen molar-refractivity contribution < 1.29 is 27.4 Å². The van der Waals surface area contributed by atoms with Gasteiger partial charge in [-0.25, -0.2) is 22.3 Å². The molecule has 174 valence electrons. The zero-order chi connectivity index (χ0) is 23.1. The molecule has 1 fully saturated rings. The van der Waals surface area contributed by atoms with Gasteiger partial charge in [0, 0.05) is 17.3 Å². The van der Waals surface area contributed by atoms with E-state index in [1.807, 2.05) is 0 Å². The summed E-state index contributed by atoms with van der Waals surface area (Å²) in [6.07, 6.45) is 0.582. The van der Waals surface area contributed by atoms with Crippen molar-refractivity contribution in [2.75, 3.05) is 18.5 Å². The molecule has 11 heteroatoms. The highest BCUT2D eigenvalue weighted by Crippen LogP contribution is 2.24. The zero-order valence-corrected chi connectivity index (χ0v) is 18.7. The minimum atomic E-state index is -3.79. The molecule has 2 amide bonds. The average Bonchev–Trinajstić information content (AvgIpc) is 2.76. The normalized spacial score (nSPS) is 21.2. The topological polar surface area (TPSA) is 117 Å². The quantitative estimate of drug-likeness (QED) is 0.458. The van der Waals surface area contributed by atoms with E-state index >= 15 is 0 Å². The molecule has 1 aliphatic rings. The Morgan fingerprint density at radius 2 is 1.81 bits per heavy atom. The highest BCUT2D eigenvalue weighted by atomic mass is 35.5. The molecule has 3 atom stereocenters. The predicted octanol–water partition coefficient (Wildman–Crippen LogP) is 2.88. The number of hydrogen-bond donors (Lipinski definition) is 4. The molecular weight excluding hydrogens is 461 g/mol. The van der Waals surface area contributed by atoms with Crippen molar-refractivity contribution in [1.82, 2.24) is 10.0 Å². The smallest absolute Gasteiger partial charge is 0.319 e. The molecule has 2 aromatic carbocycles. The number of urea groups is 1. The van der Waals surface area contributed by atoms with Gasteiger partial charge in [0.1, 0.15) is 5.82 Å². The molecule has 1 heterocycles. The highest BCUT2D eigenvalue weighted by molar-refractivity contribution is 7.89. The fourth-order valence-electron chi connectivity index (χ4n) is 3.42. The van der Waals surface area contributed by atoms with Gasteiger partial charge in [-0.3, -0.25) is 0 Å². The van der Waals surface area contributed by atoms with Crippen LogP contribution < -0.4 is 15.4 Å². The first-order chi connectivity index (χ1) is 15.3. The lowest BCUT2D eigenvalue weighted by Gasteiger charge is -2.36. The van der Waals surface area contributed by atoms with E-state index < -0.39 is 34.0 Å². The number of ether oxygens (including phenoxy) is 1. The lowest BCUT2D eigenvalue weighted by Crippen LogP contribution is -2.51. The van der Waals surface area contributed by atoms with Crippen LogP contribution in [0.5, 0.6) is 0 Å². The van der Waals surface area contributed by atoms with Crippen molar-refractivity contribution >= 4 is 33.3 Å². The van der Waals surface area contributed by atoms with E-state index in [0.29, 0.717) is 36.5 Å². The molecular formula is C21H25ClFN3O5S. The van der Waals surface area contributed by atoms with Gasteiger partial charge in [0.2, 0.25) is 10.0 Å². The first-order valence-electron chi connectivity index (χ1n) is 10.1. The zero-order valence-electron chi connectivity index (χ0n) is 17.1. The first-order valence-corrected chi connectivity index (χ1v) is 12.0. The van der Waals surface area contributed by atoms with E-state index in [1.165, 1.54) is 48.5 Å². The first kappa shape index (κ1) is 24.4. The summed E-state index contributed by atoms with van der Waals surface area (Å²) in [5, 5.41) is 15.4.